The molecule has 1 radical (unpaired) electrons. The van der Waals surface area contributed by atoms with Gasteiger partial charge in [0.05, 0.1) is 11.4 Å². The summed E-state index contributed by atoms with van der Waals surface area (Å²) in [7, 11) is 0. The second kappa shape index (κ2) is 5.06. The van der Waals surface area contributed by atoms with Crippen LogP contribution in [0, 0.1) is 12.0 Å². The summed E-state index contributed by atoms with van der Waals surface area (Å²) in [5, 5.41) is 3.44. The molecule has 0 amide bonds. The predicted molar refractivity (Wildman–Crippen MR) is 64.8 cm³/mol. The normalized spacial score (nSPS) is 17.6. The predicted octanol–water partition coefficient (Wildman–Crippen LogP) is 3.06. The van der Waals surface area contributed by atoms with Crippen molar-refractivity contribution in [3.05, 3.63) is 24.3 Å². The summed E-state index contributed by atoms with van der Waals surface area (Å²) < 4.78 is 0. The molecule has 0 atom stereocenters. The van der Waals surface area contributed by atoms with Crippen LogP contribution in [0.25, 0.3) is 0 Å². The lowest BCUT2D eigenvalue weighted by atomic mass is 9.89. The molecule has 81 valence electrons. The summed E-state index contributed by atoms with van der Waals surface area (Å²) in [6, 6.07) is 8.70. The third kappa shape index (κ3) is 2.88. The van der Waals surface area contributed by atoms with E-state index in [4.69, 9.17) is 5.73 Å². The molecule has 0 aliphatic heterocycles. The van der Waals surface area contributed by atoms with Crippen LogP contribution in [-0.2, 0) is 0 Å². The lowest BCUT2D eigenvalue weighted by Crippen LogP contribution is -2.17. The monoisotopic (exact) mass is 203 g/mol. The van der Waals surface area contributed by atoms with E-state index in [1.165, 1.54) is 32.1 Å². The van der Waals surface area contributed by atoms with Crippen molar-refractivity contribution in [1.29, 1.82) is 0 Å². The molecule has 1 aliphatic carbocycles. The number of nitrogen functional groups attached to an aromatic ring is 1. The van der Waals surface area contributed by atoms with Crippen molar-refractivity contribution in [3.8, 4) is 0 Å². The first kappa shape index (κ1) is 10.3. The Morgan fingerprint density at radius 3 is 2.87 bits per heavy atom. The topological polar surface area (TPSA) is 38.0 Å². The van der Waals surface area contributed by atoms with Gasteiger partial charge in [0.1, 0.15) is 0 Å². The second-order valence-electron chi connectivity index (χ2n) is 4.40. The number of hydrogen-bond donors (Lipinski definition) is 2. The van der Waals surface area contributed by atoms with Crippen LogP contribution in [0.3, 0.4) is 0 Å². The highest BCUT2D eigenvalue weighted by atomic mass is 14.9. The fourth-order valence-electron chi connectivity index (χ4n) is 2.25. The van der Waals surface area contributed by atoms with Gasteiger partial charge in [0.15, 0.2) is 0 Å². The van der Waals surface area contributed by atoms with Gasteiger partial charge >= 0.3 is 0 Å². The maximum Gasteiger partial charge on any atom is 0.0574 e. The van der Waals surface area contributed by atoms with Crippen LogP contribution >= 0.6 is 0 Å². The molecule has 2 heteroatoms. The Kier molecular flexibility index (Phi) is 3.49. The fourth-order valence-corrected chi connectivity index (χ4v) is 2.25. The van der Waals surface area contributed by atoms with Crippen molar-refractivity contribution in [2.75, 3.05) is 17.6 Å². The second-order valence-corrected chi connectivity index (χ2v) is 4.40. The summed E-state index contributed by atoms with van der Waals surface area (Å²) in [5.41, 5.74) is 7.70. The summed E-state index contributed by atoms with van der Waals surface area (Å²) in [6.45, 7) is 1.06. The number of benzene rings is 1. The Morgan fingerprint density at radius 1 is 1.33 bits per heavy atom. The Morgan fingerprint density at radius 2 is 2.13 bits per heavy atom. The van der Waals surface area contributed by atoms with Gasteiger partial charge in [-0.25, -0.2) is 0 Å². The van der Waals surface area contributed by atoms with Gasteiger partial charge in [-0.3, -0.25) is 0 Å². The average Bonchev–Trinajstić information content (AvgIpc) is 2.29. The Hall–Kier alpha value is -1.18. The van der Waals surface area contributed by atoms with Crippen LogP contribution < -0.4 is 11.1 Å². The smallest absolute Gasteiger partial charge is 0.0574 e. The lowest BCUT2D eigenvalue weighted by molar-refractivity contribution is 0.373. The van der Waals surface area contributed by atoms with E-state index < -0.39 is 0 Å². The Balaban J connectivity index is 1.84. The number of anilines is 2. The highest BCUT2D eigenvalue weighted by Crippen LogP contribution is 2.25. The molecule has 0 heterocycles. The molecule has 0 aromatic heterocycles. The molecule has 0 unspecified atom stereocenters. The minimum atomic E-state index is 0.799. The molecule has 1 saturated carbocycles. The number of rotatable bonds is 3. The van der Waals surface area contributed by atoms with Gasteiger partial charge in [-0.1, -0.05) is 25.3 Å². The first-order chi connectivity index (χ1) is 7.36. The van der Waals surface area contributed by atoms with Crippen molar-refractivity contribution < 1.29 is 0 Å². The molecular weight excluding hydrogens is 184 g/mol. The van der Waals surface area contributed by atoms with Crippen LogP contribution in [-0.4, -0.2) is 6.54 Å². The molecular formula is C13H19N2. The highest BCUT2D eigenvalue weighted by Gasteiger charge is 2.12. The van der Waals surface area contributed by atoms with Crippen molar-refractivity contribution in [1.82, 2.24) is 0 Å². The van der Waals surface area contributed by atoms with Crippen LogP contribution in [0.15, 0.2) is 18.2 Å². The van der Waals surface area contributed by atoms with Crippen molar-refractivity contribution in [2.24, 2.45) is 5.92 Å². The molecule has 0 spiro atoms. The summed E-state index contributed by atoms with van der Waals surface area (Å²) in [5.74, 6) is 0.835. The Bertz CT molecular complexity index is 303. The van der Waals surface area contributed by atoms with E-state index in [9.17, 15) is 0 Å². The van der Waals surface area contributed by atoms with Gasteiger partial charge in [-0.2, -0.15) is 0 Å². The fraction of sp³-hybridized carbons (Fsp3) is 0.538. The van der Waals surface area contributed by atoms with Crippen LogP contribution in [0.2, 0.25) is 0 Å². The maximum absolute atomic E-state index is 5.84. The summed E-state index contributed by atoms with van der Waals surface area (Å²) in [4.78, 5) is 0. The van der Waals surface area contributed by atoms with Crippen molar-refractivity contribution in [2.45, 2.75) is 32.1 Å². The zero-order valence-electron chi connectivity index (χ0n) is 9.13. The van der Waals surface area contributed by atoms with E-state index in [1.54, 1.807) is 0 Å². The molecule has 0 saturated heterocycles. The number of hydrogen-bond acceptors (Lipinski definition) is 2. The average molecular weight is 203 g/mol. The van der Waals surface area contributed by atoms with Gasteiger partial charge in [0, 0.05) is 6.54 Å². The first-order valence-electron chi connectivity index (χ1n) is 5.86. The summed E-state index contributed by atoms with van der Waals surface area (Å²) >= 11 is 0. The Labute approximate surface area is 91.9 Å². The van der Waals surface area contributed by atoms with Crippen LogP contribution in [0.5, 0.6) is 0 Å². The highest BCUT2D eigenvalue weighted by molar-refractivity contribution is 5.65. The number of nitrogens with two attached hydrogens (primary N) is 1. The largest absolute Gasteiger partial charge is 0.397 e. The third-order valence-corrected chi connectivity index (χ3v) is 3.20. The molecule has 1 aromatic carbocycles. The van der Waals surface area contributed by atoms with E-state index in [0.29, 0.717) is 0 Å². The zero-order valence-corrected chi connectivity index (χ0v) is 9.13. The molecule has 0 bridgehead atoms. The van der Waals surface area contributed by atoms with Gasteiger partial charge in [-0.05, 0) is 37.0 Å². The van der Waals surface area contributed by atoms with E-state index >= 15 is 0 Å². The summed E-state index contributed by atoms with van der Waals surface area (Å²) in [6.07, 6.45) is 6.94. The van der Waals surface area contributed by atoms with Gasteiger partial charge < -0.3 is 11.1 Å². The van der Waals surface area contributed by atoms with E-state index in [0.717, 1.165) is 23.8 Å². The maximum atomic E-state index is 5.84. The molecule has 3 N–H and O–H groups in total. The van der Waals surface area contributed by atoms with E-state index in [2.05, 4.69) is 11.4 Å². The minimum Gasteiger partial charge on any atom is -0.397 e. The third-order valence-electron chi connectivity index (χ3n) is 3.20. The zero-order chi connectivity index (χ0) is 10.5. The van der Waals surface area contributed by atoms with Crippen LogP contribution in [0.1, 0.15) is 32.1 Å². The van der Waals surface area contributed by atoms with E-state index in [1.807, 2.05) is 18.2 Å². The van der Waals surface area contributed by atoms with Gasteiger partial charge in [-0.15, -0.1) is 0 Å². The van der Waals surface area contributed by atoms with E-state index in [-0.39, 0.29) is 0 Å². The SMILES string of the molecule is Nc1c[c]ccc1NCC1CCCCC1. The van der Waals surface area contributed by atoms with Crippen molar-refractivity contribution in [3.63, 3.8) is 0 Å². The molecule has 2 rings (SSSR count). The quantitative estimate of drug-likeness (QED) is 0.741. The molecule has 15 heavy (non-hydrogen) atoms. The molecule has 1 aliphatic rings. The first-order valence-corrected chi connectivity index (χ1v) is 5.86. The molecule has 2 nitrogen and oxygen atoms in total. The van der Waals surface area contributed by atoms with Gasteiger partial charge in [0.25, 0.3) is 0 Å². The standard InChI is InChI=1S/C13H19N2/c14-12-8-4-5-9-13(12)15-10-11-6-2-1-3-7-11/h5,8-9,11,15H,1-3,6-7,10,14H2. The minimum absolute atomic E-state index is 0.799. The van der Waals surface area contributed by atoms with Crippen molar-refractivity contribution >= 4 is 11.4 Å². The lowest BCUT2D eigenvalue weighted by Gasteiger charge is -2.22. The van der Waals surface area contributed by atoms with Gasteiger partial charge in [0.2, 0.25) is 0 Å². The molecule has 1 aromatic rings. The van der Waals surface area contributed by atoms with Crippen LogP contribution in [0.4, 0.5) is 11.4 Å². The number of nitrogens with one attached hydrogen (secondary N) is 1. The molecule has 1 fully saturated rings.